The zero-order valence-corrected chi connectivity index (χ0v) is 15.9. The van der Waals surface area contributed by atoms with E-state index in [0.29, 0.717) is 16.9 Å². The predicted molar refractivity (Wildman–Crippen MR) is 103 cm³/mol. The number of carbonyl (C=O) groups is 1. The van der Waals surface area contributed by atoms with Crippen molar-refractivity contribution in [3.63, 3.8) is 0 Å². The van der Waals surface area contributed by atoms with Crippen LogP contribution in [0.25, 0.3) is 11.0 Å². The average Bonchev–Trinajstić information content (AvgIpc) is 2.63. The Morgan fingerprint density at radius 3 is 2.52 bits per heavy atom. The molecule has 27 heavy (non-hydrogen) atoms. The molecule has 0 atom stereocenters. The van der Waals surface area contributed by atoms with Gasteiger partial charge in [0.25, 0.3) is 0 Å². The first-order valence-corrected chi connectivity index (χ1v) is 8.74. The number of hydrogen-bond donors (Lipinski definition) is 0. The zero-order chi connectivity index (χ0) is 19.6. The van der Waals surface area contributed by atoms with Crippen molar-refractivity contribution in [2.45, 2.75) is 34.3 Å². The molecule has 3 rings (SSSR count). The van der Waals surface area contributed by atoms with Crippen LogP contribution in [-0.2, 0) is 16.1 Å². The molecule has 0 unspecified atom stereocenters. The largest absolute Gasteiger partial charge is 0.482 e. The smallest absolute Gasteiger partial charge is 0.344 e. The summed E-state index contributed by atoms with van der Waals surface area (Å²) in [6.07, 6.45) is 0. The third-order valence-corrected chi connectivity index (χ3v) is 4.60. The van der Waals surface area contributed by atoms with Crippen LogP contribution in [0, 0.1) is 27.7 Å². The fourth-order valence-electron chi connectivity index (χ4n) is 2.84. The molecular weight excluding hydrogens is 344 g/mol. The quantitative estimate of drug-likeness (QED) is 0.501. The predicted octanol–water partition coefficient (Wildman–Crippen LogP) is 4.15. The molecule has 0 aliphatic rings. The van der Waals surface area contributed by atoms with Gasteiger partial charge in [0, 0.05) is 17.0 Å². The summed E-state index contributed by atoms with van der Waals surface area (Å²) in [5, 5.41) is 0.765. The van der Waals surface area contributed by atoms with Gasteiger partial charge in [-0.25, -0.2) is 9.59 Å². The highest BCUT2D eigenvalue weighted by Crippen LogP contribution is 2.24. The number of hydrogen-bond acceptors (Lipinski definition) is 5. The second-order valence-corrected chi connectivity index (χ2v) is 6.69. The first-order chi connectivity index (χ1) is 12.8. The van der Waals surface area contributed by atoms with Crippen LogP contribution in [0.4, 0.5) is 0 Å². The molecule has 0 saturated carbocycles. The number of rotatable bonds is 5. The molecular formula is C22H22O5. The maximum atomic E-state index is 12.1. The number of ether oxygens (including phenoxy) is 2. The standard InChI is InChI=1S/C22H22O5/c1-13-5-6-15(3)19(9-13)25-12-21(24)26-11-17-10-20(23)27-22-16(4)14(2)7-8-18(17)22/h5-10H,11-12H2,1-4H3. The van der Waals surface area contributed by atoms with E-state index in [4.69, 9.17) is 13.9 Å². The molecule has 3 aromatic rings. The van der Waals surface area contributed by atoms with Gasteiger partial charge in [0.15, 0.2) is 6.61 Å². The van der Waals surface area contributed by atoms with Crippen LogP contribution in [0.5, 0.6) is 5.75 Å². The average molecular weight is 366 g/mol. The summed E-state index contributed by atoms with van der Waals surface area (Å²) in [6.45, 7) is 7.52. The van der Waals surface area contributed by atoms with E-state index in [2.05, 4.69) is 0 Å². The van der Waals surface area contributed by atoms with Gasteiger partial charge in [-0.1, -0.05) is 24.3 Å². The van der Waals surface area contributed by atoms with Crippen molar-refractivity contribution in [2.24, 2.45) is 0 Å². The summed E-state index contributed by atoms with van der Waals surface area (Å²) in [5.74, 6) is 0.157. The molecule has 0 fully saturated rings. The number of aryl methyl sites for hydroxylation is 4. The molecule has 140 valence electrons. The van der Waals surface area contributed by atoms with Crippen molar-refractivity contribution in [3.05, 3.63) is 74.6 Å². The summed E-state index contributed by atoms with van der Waals surface area (Å²) in [7, 11) is 0. The van der Waals surface area contributed by atoms with Gasteiger partial charge in [0.1, 0.15) is 17.9 Å². The molecule has 5 nitrogen and oxygen atoms in total. The van der Waals surface area contributed by atoms with E-state index >= 15 is 0 Å². The highest BCUT2D eigenvalue weighted by atomic mass is 16.6. The van der Waals surface area contributed by atoms with E-state index in [1.54, 1.807) is 0 Å². The highest BCUT2D eigenvalue weighted by Gasteiger charge is 2.12. The second kappa shape index (κ2) is 7.66. The summed E-state index contributed by atoms with van der Waals surface area (Å²) in [4.78, 5) is 23.9. The highest BCUT2D eigenvalue weighted by molar-refractivity contribution is 5.84. The second-order valence-electron chi connectivity index (χ2n) is 6.69. The van der Waals surface area contributed by atoms with Gasteiger partial charge in [-0.05, 0) is 56.0 Å². The Bertz CT molecular complexity index is 1060. The Balaban J connectivity index is 1.71. The van der Waals surface area contributed by atoms with E-state index in [9.17, 15) is 9.59 Å². The monoisotopic (exact) mass is 366 g/mol. The van der Waals surface area contributed by atoms with E-state index in [0.717, 1.165) is 27.6 Å². The minimum absolute atomic E-state index is 0.0143. The van der Waals surface area contributed by atoms with Crippen LogP contribution in [-0.4, -0.2) is 12.6 Å². The maximum Gasteiger partial charge on any atom is 0.344 e. The first kappa shape index (κ1) is 18.7. The van der Waals surface area contributed by atoms with Gasteiger partial charge in [0.2, 0.25) is 0 Å². The molecule has 5 heteroatoms. The minimum atomic E-state index is -0.499. The summed E-state index contributed by atoms with van der Waals surface area (Å²) < 4.78 is 16.2. The van der Waals surface area contributed by atoms with Gasteiger partial charge < -0.3 is 13.9 Å². The summed E-state index contributed by atoms with van der Waals surface area (Å²) >= 11 is 0. The Morgan fingerprint density at radius 2 is 1.74 bits per heavy atom. The fourth-order valence-corrected chi connectivity index (χ4v) is 2.84. The van der Waals surface area contributed by atoms with Crippen molar-refractivity contribution < 1.29 is 18.7 Å². The summed E-state index contributed by atoms with van der Waals surface area (Å²) in [6, 6.07) is 11.0. The molecule has 0 amide bonds. The van der Waals surface area contributed by atoms with E-state index in [1.165, 1.54) is 6.07 Å². The van der Waals surface area contributed by atoms with Gasteiger partial charge in [-0.2, -0.15) is 0 Å². The minimum Gasteiger partial charge on any atom is -0.482 e. The molecule has 0 saturated heterocycles. The number of carbonyl (C=O) groups excluding carboxylic acids is 1. The zero-order valence-electron chi connectivity index (χ0n) is 15.9. The van der Waals surface area contributed by atoms with Crippen molar-refractivity contribution in [3.8, 4) is 5.75 Å². The van der Waals surface area contributed by atoms with Crippen LogP contribution in [0.15, 0.2) is 45.6 Å². The SMILES string of the molecule is Cc1ccc(C)c(OCC(=O)OCc2cc(=O)oc3c(C)c(C)ccc23)c1. The van der Waals surface area contributed by atoms with E-state index in [1.807, 2.05) is 58.0 Å². The lowest BCUT2D eigenvalue weighted by Gasteiger charge is -2.11. The van der Waals surface area contributed by atoms with Crippen molar-refractivity contribution in [1.82, 2.24) is 0 Å². The fraction of sp³-hybridized carbons (Fsp3) is 0.273. The third-order valence-electron chi connectivity index (χ3n) is 4.60. The lowest BCUT2D eigenvalue weighted by atomic mass is 10.0. The summed E-state index contributed by atoms with van der Waals surface area (Å²) in [5.41, 5.74) is 4.61. The maximum absolute atomic E-state index is 12.1. The molecule has 0 radical (unpaired) electrons. The number of benzene rings is 2. The third kappa shape index (κ3) is 4.19. The molecule has 0 spiro atoms. The Labute approximate surface area is 157 Å². The Morgan fingerprint density at radius 1 is 1.00 bits per heavy atom. The van der Waals surface area contributed by atoms with Gasteiger partial charge in [-0.3, -0.25) is 0 Å². The van der Waals surface area contributed by atoms with Crippen molar-refractivity contribution >= 4 is 16.9 Å². The van der Waals surface area contributed by atoms with Gasteiger partial charge >= 0.3 is 11.6 Å². The first-order valence-electron chi connectivity index (χ1n) is 8.74. The lowest BCUT2D eigenvalue weighted by molar-refractivity contribution is -0.147. The molecule has 0 N–H and O–H groups in total. The number of fused-ring (bicyclic) bond motifs is 1. The molecule has 0 aliphatic carbocycles. The molecule has 2 aromatic carbocycles. The van der Waals surface area contributed by atoms with Crippen LogP contribution in [0.1, 0.15) is 27.8 Å². The number of esters is 1. The Hall–Kier alpha value is -3.08. The van der Waals surface area contributed by atoms with Crippen LogP contribution < -0.4 is 10.4 Å². The van der Waals surface area contributed by atoms with E-state index in [-0.39, 0.29) is 13.2 Å². The van der Waals surface area contributed by atoms with Gasteiger partial charge in [-0.15, -0.1) is 0 Å². The lowest BCUT2D eigenvalue weighted by Crippen LogP contribution is -2.16. The van der Waals surface area contributed by atoms with Crippen LogP contribution in [0.2, 0.25) is 0 Å². The molecule has 1 heterocycles. The molecule has 0 bridgehead atoms. The molecule has 1 aromatic heterocycles. The van der Waals surface area contributed by atoms with Crippen LogP contribution in [0.3, 0.4) is 0 Å². The van der Waals surface area contributed by atoms with E-state index < -0.39 is 11.6 Å². The van der Waals surface area contributed by atoms with Crippen LogP contribution >= 0.6 is 0 Å². The molecule has 0 aliphatic heterocycles. The van der Waals surface area contributed by atoms with Gasteiger partial charge in [0.05, 0.1) is 0 Å². The normalized spacial score (nSPS) is 10.8. The Kier molecular flexibility index (Phi) is 5.31. The topological polar surface area (TPSA) is 65.7 Å². The van der Waals surface area contributed by atoms with Crippen molar-refractivity contribution in [2.75, 3.05) is 6.61 Å². The van der Waals surface area contributed by atoms with Crippen molar-refractivity contribution in [1.29, 1.82) is 0 Å².